The molecule has 0 radical (unpaired) electrons. The van der Waals surface area contributed by atoms with Crippen molar-refractivity contribution >= 4 is 24.3 Å². The first-order chi connectivity index (χ1) is 13.5. The van der Waals surface area contributed by atoms with Gasteiger partial charge in [0.1, 0.15) is 13.2 Å². The molecule has 1 amide bonds. The van der Waals surface area contributed by atoms with Crippen LogP contribution < -0.4 is 5.73 Å². The number of rotatable bonds is 10. The third-order valence-electron chi connectivity index (χ3n) is 4.15. The number of hydrogen-bond donors (Lipinski definition) is 1. The Morgan fingerprint density at radius 1 is 1.00 bits per heavy atom. The van der Waals surface area contributed by atoms with Gasteiger partial charge in [0.05, 0.1) is 7.11 Å². The lowest BCUT2D eigenvalue weighted by Gasteiger charge is -2.26. The number of carbonyl (C=O) groups excluding carboxylic acids is 2. The number of nitrogens with two attached hydrogens (primary N) is 1. The summed E-state index contributed by atoms with van der Waals surface area (Å²) in [7, 11) is 2.83. The standard InChI is InChI=1S/C21H26N2O5.ClH/c1-23(26-2)21(25)20(18(22)13-16-9-5-3-6-10-16)28-15-19(24)27-14-17-11-7-4-8-12-17;/h3-12,18,20H,13-15,22H2,1-2H3;1H/t18-,20+;/m0./s1. The highest BCUT2D eigenvalue weighted by Gasteiger charge is 2.30. The van der Waals surface area contributed by atoms with Gasteiger partial charge in [-0.15, -0.1) is 12.4 Å². The number of esters is 1. The lowest BCUT2D eigenvalue weighted by molar-refractivity contribution is -0.184. The molecule has 0 heterocycles. The molecule has 0 saturated carbocycles. The van der Waals surface area contributed by atoms with E-state index in [2.05, 4.69) is 0 Å². The van der Waals surface area contributed by atoms with Crippen molar-refractivity contribution in [2.24, 2.45) is 5.73 Å². The van der Waals surface area contributed by atoms with Crippen LogP contribution in [-0.2, 0) is 36.9 Å². The first-order valence-electron chi connectivity index (χ1n) is 8.93. The molecule has 0 bridgehead atoms. The van der Waals surface area contributed by atoms with Gasteiger partial charge in [0.25, 0.3) is 5.91 Å². The predicted molar refractivity (Wildman–Crippen MR) is 111 cm³/mol. The molecule has 2 aromatic carbocycles. The normalized spacial score (nSPS) is 12.4. The van der Waals surface area contributed by atoms with Crippen molar-refractivity contribution in [3.63, 3.8) is 0 Å². The topological polar surface area (TPSA) is 91.1 Å². The van der Waals surface area contributed by atoms with E-state index in [0.29, 0.717) is 6.42 Å². The number of benzene rings is 2. The van der Waals surface area contributed by atoms with Crippen LogP contribution >= 0.6 is 12.4 Å². The van der Waals surface area contributed by atoms with Gasteiger partial charge in [-0.2, -0.15) is 0 Å². The van der Waals surface area contributed by atoms with Gasteiger partial charge in [-0.25, -0.2) is 9.86 Å². The Kier molecular flexibility index (Phi) is 10.9. The van der Waals surface area contributed by atoms with Crippen LogP contribution in [0.4, 0.5) is 0 Å². The highest BCUT2D eigenvalue weighted by atomic mass is 35.5. The summed E-state index contributed by atoms with van der Waals surface area (Å²) >= 11 is 0. The number of hydrogen-bond acceptors (Lipinski definition) is 6. The summed E-state index contributed by atoms with van der Waals surface area (Å²) in [6.45, 7) is -0.251. The largest absolute Gasteiger partial charge is 0.459 e. The Balaban J connectivity index is 0.00000420. The van der Waals surface area contributed by atoms with Crippen molar-refractivity contribution in [3.8, 4) is 0 Å². The second-order valence-corrected chi connectivity index (χ2v) is 6.25. The highest BCUT2D eigenvalue weighted by molar-refractivity contribution is 5.85. The van der Waals surface area contributed by atoms with E-state index in [-0.39, 0.29) is 25.6 Å². The average molecular weight is 423 g/mol. The summed E-state index contributed by atoms with van der Waals surface area (Å²) in [5, 5.41) is 1.03. The molecule has 0 aliphatic rings. The van der Waals surface area contributed by atoms with Crippen molar-refractivity contribution in [1.82, 2.24) is 5.06 Å². The molecule has 0 aliphatic heterocycles. The summed E-state index contributed by atoms with van der Waals surface area (Å²) < 4.78 is 10.7. The van der Waals surface area contributed by atoms with Gasteiger partial charge >= 0.3 is 5.97 Å². The Hall–Kier alpha value is -2.45. The molecule has 2 aromatic rings. The van der Waals surface area contributed by atoms with Crippen molar-refractivity contribution in [1.29, 1.82) is 0 Å². The fraction of sp³-hybridized carbons (Fsp3) is 0.333. The Labute approximate surface area is 177 Å². The number of nitrogens with zero attached hydrogens (tertiary/aromatic N) is 1. The van der Waals surface area contributed by atoms with E-state index in [9.17, 15) is 9.59 Å². The molecule has 7 nitrogen and oxygen atoms in total. The van der Waals surface area contributed by atoms with Crippen molar-refractivity contribution < 1.29 is 23.9 Å². The minimum absolute atomic E-state index is 0. The third kappa shape index (κ3) is 8.21. The van der Waals surface area contributed by atoms with Gasteiger partial charge in [-0.1, -0.05) is 60.7 Å². The van der Waals surface area contributed by atoms with Crippen LogP contribution in [0.15, 0.2) is 60.7 Å². The number of ether oxygens (including phenoxy) is 2. The quantitative estimate of drug-likeness (QED) is 0.466. The first kappa shape index (κ1) is 24.6. The van der Waals surface area contributed by atoms with E-state index in [4.69, 9.17) is 20.0 Å². The molecule has 0 aliphatic carbocycles. The SMILES string of the molecule is CON(C)C(=O)[C@H](OCC(=O)OCc1ccccc1)[C@@H](N)Cc1ccccc1.Cl. The smallest absolute Gasteiger partial charge is 0.332 e. The van der Waals surface area contributed by atoms with Crippen LogP contribution in [0.5, 0.6) is 0 Å². The maximum atomic E-state index is 12.5. The van der Waals surface area contributed by atoms with E-state index in [0.717, 1.165) is 16.2 Å². The lowest BCUT2D eigenvalue weighted by atomic mass is 10.0. The maximum Gasteiger partial charge on any atom is 0.332 e. The summed E-state index contributed by atoms with van der Waals surface area (Å²) in [4.78, 5) is 29.5. The van der Waals surface area contributed by atoms with E-state index in [1.165, 1.54) is 14.2 Å². The zero-order chi connectivity index (χ0) is 20.4. The predicted octanol–water partition coefficient (Wildman–Crippen LogP) is 2.13. The summed E-state index contributed by atoms with van der Waals surface area (Å²) in [6, 6.07) is 18.1. The van der Waals surface area contributed by atoms with Gasteiger partial charge in [-0.05, 0) is 17.5 Å². The molecule has 0 unspecified atom stereocenters. The zero-order valence-corrected chi connectivity index (χ0v) is 17.3. The van der Waals surface area contributed by atoms with E-state index in [1.54, 1.807) is 0 Å². The van der Waals surface area contributed by atoms with Crippen LogP contribution in [-0.4, -0.2) is 49.8 Å². The summed E-state index contributed by atoms with van der Waals surface area (Å²) in [5.74, 6) is -1.05. The number of amides is 1. The molecule has 0 fully saturated rings. The van der Waals surface area contributed by atoms with E-state index in [1.807, 2.05) is 60.7 Å². The molecule has 8 heteroatoms. The van der Waals surface area contributed by atoms with Gasteiger partial charge < -0.3 is 15.2 Å². The molecular formula is C21H27ClN2O5. The Morgan fingerprint density at radius 2 is 1.55 bits per heavy atom. The second-order valence-electron chi connectivity index (χ2n) is 6.25. The number of halogens is 1. The molecule has 2 N–H and O–H groups in total. The first-order valence-corrected chi connectivity index (χ1v) is 8.93. The maximum absolute atomic E-state index is 12.5. The van der Waals surface area contributed by atoms with Gasteiger partial charge in [0, 0.05) is 13.1 Å². The van der Waals surface area contributed by atoms with Gasteiger partial charge in [0.2, 0.25) is 0 Å². The lowest BCUT2D eigenvalue weighted by Crippen LogP contribution is -2.50. The van der Waals surface area contributed by atoms with Crippen LogP contribution in [0.1, 0.15) is 11.1 Å². The summed E-state index contributed by atoms with van der Waals surface area (Å²) in [6.07, 6.45) is -0.636. The monoisotopic (exact) mass is 422 g/mol. The van der Waals surface area contributed by atoms with Crippen LogP contribution in [0.3, 0.4) is 0 Å². The fourth-order valence-electron chi connectivity index (χ4n) is 2.58. The van der Waals surface area contributed by atoms with Crippen molar-refractivity contribution in [2.45, 2.75) is 25.2 Å². The van der Waals surface area contributed by atoms with Crippen LogP contribution in [0.25, 0.3) is 0 Å². The molecular weight excluding hydrogens is 396 g/mol. The Bertz CT molecular complexity index is 745. The van der Waals surface area contributed by atoms with E-state index < -0.39 is 24.0 Å². The van der Waals surface area contributed by atoms with E-state index >= 15 is 0 Å². The van der Waals surface area contributed by atoms with Gasteiger partial charge in [0.15, 0.2) is 6.10 Å². The number of hydroxylamine groups is 2. The zero-order valence-electron chi connectivity index (χ0n) is 16.5. The molecule has 0 aromatic heterocycles. The Morgan fingerprint density at radius 3 is 2.10 bits per heavy atom. The van der Waals surface area contributed by atoms with Gasteiger partial charge in [-0.3, -0.25) is 9.63 Å². The third-order valence-corrected chi connectivity index (χ3v) is 4.15. The van der Waals surface area contributed by atoms with Crippen molar-refractivity contribution in [2.75, 3.05) is 20.8 Å². The molecule has 29 heavy (non-hydrogen) atoms. The fourth-order valence-corrected chi connectivity index (χ4v) is 2.58. The van der Waals surface area contributed by atoms with Crippen LogP contribution in [0, 0.1) is 0 Å². The number of carbonyl (C=O) groups is 2. The molecule has 2 rings (SSSR count). The minimum Gasteiger partial charge on any atom is -0.459 e. The highest BCUT2D eigenvalue weighted by Crippen LogP contribution is 2.10. The minimum atomic E-state index is -1.05. The van der Waals surface area contributed by atoms with Crippen molar-refractivity contribution in [3.05, 3.63) is 71.8 Å². The summed E-state index contributed by atoms with van der Waals surface area (Å²) in [5.41, 5.74) is 8.04. The second kappa shape index (κ2) is 12.9. The molecule has 2 atom stereocenters. The molecule has 0 saturated heterocycles. The molecule has 158 valence electrons. The molecule has 0 spiro atoms. The number of likely N-dealkylation sites (N-methyl/N-ethyl adjacent to an activating group) is 1. The average Bonchev–Trinajstić information content (AvgIpc) is 2.73. The van der Waals surface area contributed by atoms with Crippen LogP contribution in [0.2, 0.25) is 0 Å².